The summed E-state index contributed by atoms with van der Waals surface area (Å²) in [5, 5.41) is 8.54. The molecule has 0 atom stereocenters. The van der Waals surface area contributed by atoms with E-state index < -0.39 is 15.8 Å². The summed E-state index contributed by atoms with van der Waals surface area (Å²) in [6.45, 7) is 0. The second-order valence-electron chi connectivity index (χ2n) is 7.45. The molecule has 0 bridgehead atoms. The van der Waals surface area contributed by atoms with Gasteiger partial charge in [-0.15, -0.1) is 0 Å². The van der Waals surface area contributed by atoms with Gasteiger partial charge in [-0.05, 0) is 12.8 Å². The third-order valence-corrected chi connectivity index (χ3v) is 5.37. The van der Waals surface area contributed by atoms with E-state index in [0.717, 1.165) is 44.8 Å². The quantitative estimate of drug-likeness (QED) is 0.316. The van der Waals surface area contributed by atoms with Crippen molar-refractivity contribution in [2.45, 2.75) is 103 Å². The Kier molecular flexibility index (Phi) is 15.7. The molecule has 0 rings (SSSR count). The summed E-state index contributed by atoms with van der Waals surface area (Å²) < 4.78 is 22.0. The number of Topliss-reactive ketones (excluding diaryl/α,β-unsaturated/α-hetero) is 1. The van der Waals surface area contributed by atoms with E-state index in [1.165, 1.54) is 51.4 Å². The van der Waals surface area contributed by atoms with Gasteiger partial charge in [0, 0.05) is 19.1 Å². The molecule has 0 saturated carbocycles. The Morgan fingerprint density at radius 3 is 1.23 bits per heavy atom. The number of ketones is 1. The van der Waals surface area contributed by atoms with Crippen LogP contribution in [-0.2, 0) is 19.4 Å². The number of rotatable bonds is 19. The fourth-order valence-corrected chi connectivity index (χ4v) is 3.81. The van der Waals surface area contributed by atoms with Crippen LogP contribution in [0.15, 0.2) is 0 Å². The predicted molar refractivity (Wildman–Crippen MR) is 106 cm³/mol. The van der Waals surface area contributed by atoms with Crippen LogP contribution in [0.5, 0.6) is 0 Å². The van der Waals surface area contributed by atoms with Crippen molar-refractivity contribution >= 4 is 21.6 Å². The zero-order valence-corrected chi connectivity index (χ0v) is 17.3. The van der Waals surface area contributed by atoms with Crippen LogP contribution >= 0.6 is 0 Å². The van der Waals surface area contributed by atoms with Crippen LogP contribution in [0.25, 0.3) is 0 Å². The molecular formula is C20H38O5S. The lowest BCUT2D eigenvalue weighted by Gasteiger charge is -2.03. The summed E-state index contributed by atoms with van der Waals surface area (Å²) in [6.07, 6.45) is 17.8. The molecule has 0 heterocycles. The number of hydrogen-bond acceptors (Lipinski definition) is 4. The number of carbonyl (C=O) groups excluding carboxylic acids is 1. The van der Waals surface area contributed by atoms with Gasteiger partial charge in [0.25, 0.3) is 0 Å². The highest BCUT2D eigenvalue weighted by Crippen LogP contribution is 2.13. The Labute approximate surface area is 159 Å². The fraction of sp³-hybridized carbons (Fsp3) is 0.900. The lowest BCUT2D eigenvalue weighted by Crippen LogP contribution is -2.13. The summed E-state index contributed by atoms with van der Waals surface area (Å²) in [6, 6.07) is 0. The van der Waals surface area contributed by atoms with Crippen LogP contribution in [0.3, 0.4) is 0 Å². The summed E-state index contributed by atoms with van der Waals surface area (Å²) in [5.41, 5.74) is 0. The highest BCUT2D eigenvalue weighted by molar-refractivity contribution is 7.91. The van der Waals surface area contributed by atoms with Crippen molar-refractivity contribution in [1.82, 2.24) is 0 Å². The van der Waals surface area contributed by atoms with Gasteiger partial charge < -0.3 is 5.11 Å². The van der Waals surface area contributed by atoms with E-state index in [1.807, 2.05) is 0 Å². The lowest BCUT2D eigenvalue weighted by molar-refractivity contribution is -0.137. The molecule has 0 unspecified atom stereocenters. The fourth-order valence-electron chi connectivity index (χ4n) is 3.08. The van der Waals surface area contributed by atoms with Gasteiger partial charge in [0.2, 0.25) is 0 Å². The number of carbonyl (C=O) groups is 2. The Balaban J connectivity index is 3.18. The Bertz CT molecular complexity index is 471. The van der Waals surface area contributed by atoms with Crippen LogP contribution in [0.2, 0.25) is 0 Å². The van der Waals surface area contributed by atoms with Crippen molar-refractivity contribution in [3.05, 3.63) is 0 Å². The molecule has 0 radical (unpaired) electrons. The van der Waals surface area contributed by atoms with E-state index in [1.54, 1.807) is 0 Å². The monoisotopic (exact) mass is 390 g/mol. The molecule has 0 fully saturated rings. The van der Waals surface area contributed by atoms with Gasteiger partial charge in [-0.1, -0.05) is 77.0 Å². The molecule has 1 N–H and O–H groups in total. The summed E-state index contributed by atoms with van der Waals surface area (Å²) in [5.74, 6) is -1.16. The first-order chi connectivity index (χ1) is 12.3. The van der Waals surface area contributed by atoms with Gasteiger partial charge in [-0.3, -0.25) is 9.59 Å². The van der Waals surface area contributed by atoms with Crippen LogP contribution in [0.4, 0.5) is 0 Å². The molecule has 26 heavy (non-hydrogen) atoms. The molecule has 0 aliphatic carbocycles. The maximum Gasteiger partial charge on any atom is 0.303 e. The summed E-state index contributed by atoms with van der Waals surface area (Å²) >= 11 is 0. The normalized spacial score (nSPS) is 11.6. The van der Waals surface area contributed by atoms with E-state index in [4.69, 9.17) is 5.11 Å². The maximum atomic E-state index is 11.4. The van der Waals surface area contributed by atoms with Crippen LogP contribution < -0.4 is 0 Å². The first-order valence-corrected chi connectivity index (χ1v) is 12.3. The topological polar surface area (TPSA) is 88.5 Å². The second kappa shape index (κ2) is 16.3. The van der Waals surface area contributed by atoms with E-state index in [-0.39, 0.29) is 11.5 Å². The number of carboxylic acid groups (broad SMARTS) is 1. The van der Waals surface area contributed by atoms with E-state index >= 15 is 0 Å². The zero-order chi connectivity index (χ0) is 19.7. The molecule has 0 amide bonds. The average molecular weight is 391 g/mol. The smallest absolute Gasteiger partial charge is 0.303 e. The zero-order valence-electron chi connectivity index (χ0n) is 16.5. The molecule has 154 valence electrons. The Morgan fingerprint density at radius 1 is 0.615 bits per heavy atom. The second-order valence-corrected chi connectivity index (χ2v) is 9.59. The molecule has 0 aromatic rings. The molecule has 5 nitrogen and oxygen atoms in total. The van der Waals surface area contributed by atoms with Crippen molar-refractivity contribution in [3.8, 4) is 0 Å². The lowest BCUT2D eigenvalue weighted by atomic mass is 10.0. The van der Waals surface area contributed by atoms with Crippen molar-refractivity contribution in [1.29, 1.82) is 0 Å². The first kappa shape index (κ1) is 25.1. The van der Waals surface area contributed by atoms with Crippen molar-refractivity contribution in [3.63, 3.8) is 0 Å². The van der Waals surface area contributed by atoms with E-state index in [2.05, 4.69) is 0 Å². The average Bonchev–Trinajstić information content (AvgIpc) is 2.52. The standard InChI is InChI=1S/C20H38O5S/c1-26(24,25)18-19(21)16-14-12-10-8-6-4-2-3-5-7-9-11-13-15-17-20(22)23/h2-18H2,1H3,(H,22,23). The van der Waals surface area contributed by atoms with Gasteiger partial charge in [0.15, 0.2) is 9.84 Å². The number of sulfone groups is 1. The molecule has 0 aromatic heterocycles. The largest absolute Gasteiger partial charge is 0.481 e. The third-order valence-electron chi connectivity index (χ3n) is 4.52. The third kappa shape index (κ3) is 21.1. The highest BCUT2D eigenvalue weighted by Gasteiger charge is 2.09. The van der Waals surface area contributed by atoms with Gasteiger partial charge in [-0.2, -0.15) is 0 Å². The highest BCUT2D eigenvalue weighted by atomic mass is 32.2. The SMILES string of the molecule is CS(=O)(=O)CC(=O)CCCCCCCCCCCCCCCCC(=O)O. The van der Waals surface area contributed by atoms with Gasteiger partial charge in [0.1, 0.15) is 11.5 Å². The Hall–Kier alpha value is -0.910. The maximum absolute atomic E-state index is 11.4. The molecule has 0 spiro atoms. The van der Waals surface area contributed by atoms with Gasteiger partial charge >= 0.3 is 5.97 Å². The molecule has 0 aromatic carbocycles. The molecule has 0 aliphatic heterocycles. The molecule has 0 saturated heterocycles. The minimum atomic E-state index is -3.17. The van der Waals surface area contributed by atoms with Crippen LogP contribution in [0, 0.1) is 0 Å². The first-order valence-electron chi connectivity index (χ1n) is 10.2. The summed E-state index contributed by atoms with van der Waals surface area (Å²) in [4.78, 5) is 21.8. The molecule has 0 aliphatic rings. The van der Waals surface area contributed by atoms with Gasteiger partial charge in [0.05, 0.1) is 0 Å². The van der Waals surface area contributed by atoms with Crippen molar-refractivity contribution in [2.75, 3.05) is 12.0 Å². The van der Waals surface area contributed by atoms with Gasteiger partial charge in [-0.25, -0.2) is 8.42 Å². The van der Waals surface area contributed by atoms with Crippen molar-refractivity contribution < 1.29 is 23.1 Å². The van der Waals surface area contributed by atoms with Crippen LogP contribution in [-0.4, -0.2) is 37.3 Å². The minimum absolute atomic E-state index is 0.158. The van der Waals surface area contributed by atoms with Crippen molar-refractivity contribution in [2.24, 2.45) is 0 Å². The number of hydrogen-bond donors (Lipinski definition) is 1. The van der Waals surface area contributed by atoms with E-state index in [9.17, 15) is 18.0 Å². The Morgan fingerprint density at radius 2 is 0.923 bits per heavy atom. The summed E-state index contributed by atoms with van der Waals surface area (Å²) in [7, 11) is -3.17. The molecule has 6 heteroatoms. The van der Waals surface area contributed by atoms with E-state index in [0.29, 0.717) is 12.8 Å². The number of aliphatic carboxylic acids is 1. The number of unbranched alkanes of at least 4 members (excludes halogenated alkanes) is 13. The van der Waals surface area contributed by atoms with Crippen LogP contribution in [0.1, 0.15) is 103 Å². The minimum Gasteiger partial charge on any atom is -0.481 e. The number of carboxylic acids is 1. The predicted octanol–water partition coefficient (Wildman–Crippen LogP) is 4.93. The molecular weight excluding hydrogens is 352 g/mol.